The van der Waals surface area contributed by atoms with Crippen molar-refractivity contribution in [2.75, 3.05) is 24.5 Å². The van der Waals surface area contributed by atoms with Crippen LogP contribution in [0.15, 0.2) is 23.3 Å². The van der Waals surface area contributed by atoms with Gasteiger partial charge in [0.15, 0.2) is 5.96 Å². The predicted octanol–water partition coefficient (Wildman–Crippen LogP) is 2.78. The van der Waals surface area contributed by atoms with Crippen molar-refractivity contribution in [1.82, 2.24) is 15.6 Å². The molecule has 0 aliphatic rings. The SMILES string of the molecule is CCNC(=NCc1ccc(N(CC)CC)nc1)NC(C)CC. The fourth-order valence-corrected chi connectivity index (χ4v) is 2.07. The highest BCUT2D eigenvalue weighted by Gasteiger charge is 2.04. The van der Waals surface area contributed by atoms with E-state index >= 15 is 0 Å². The quantitative estimate of drug-likeness (QED) is 0.573. The van der Waals surface area contributed by atoms with Gasteiger partial charge in [0, 0.05) is 31.9 Å². The molecule has 5 nitrogen and oxygen atoms in total. The molecule has 2 N–H and O–H groups in total. The summed E-state index contributed by atoms with van der Waals surface area (Å²) < 4.78 is 0. The summed E-state index contributed by atoms with van der Waals surface area (Å²) in [5.74, 6) is 1.90. The van der Waals surface area contributed by atoms with E-state index in [2.05, 4.69) is 72.3 Å². The van der Waals surface area contributed by atoms with Crippen molar-refractivity contribution < 1.29 is 0 Å². The lowest BCUT2D eigenvalue weighted by molar-refractivity contribution is 0.624. The maximum absolute atomic E-state index is 4.63. The molecule has 0 spiro atoms. The normalized spacial score (nSPS) is 12.9. The molecule has 1 aromatic heterocycles. The second-order valence-electron chi connectivity index (χ2n) is 5.35. The van der Waals surface area contributed by atoms with E-state index in [4.69, 9.17) is 0 Å². The van der Waals surface area contributed by atoms with E-state index in [0.717, 1.165) is 43.4 Å². The van der Waals surface area contributed by atoms with Crippen molar-refractivity contribution in [3.8, 4) is 0 Å². The summed E-state index contributed by atoms with van der Waals surface area (Å²) in [6.07, 6.45) is 2.99. The molecule has 22 heavy (non-hydrogen) atoms. The van der Waals surface area contributed by atoms with Crippen LogP contribution in [0.3, 0.4) is 0 Å². The number of aromatic nitrogens is 1. The Morgan fingerprint density at radius 3 is 2.45 bits per heavy atom. The summed E-state index contributed by atoms with van der Waals surface area (Å²) in [5, 5.41) is 6.67. The van der Waals surface area contributed by atoms with E-state index in [9.17, 15) is 0 Å². The highest BCUT2D eigenvalue weighted by atomic mass is 15.2. The summed E-state index contributed by atoms with van der Waals surface area (Å²) in [5.41, 5.74) is 1.12. The number of anilines is 1. The van der Waals surface area contributed by atoms with Gasteiger partial charge in [-0.1, -0.05) is 13.0 Å². The van der Waals surface area contributed by atoms with E-state index in [1.165, 1.54) is 0 Å². The van der Waals surface area contributed by atoms with Gasteiger partial charge in [-0.25, -0.2) is 9.98 Å². The molecule has 0 saturated heterocycles. The van der Waals surface area contributed by atoms with Gasteiger partial charge in [-0.3, -0.25) is 0 Å². The third kappa shape index (κ3) is 5.92. The Morgan fingerprint density at radius 1 is 1.23 bits per heavy atom. The molecular weight excluding hydrogens is 274 g/mol. The summed E-state index contributed by atoms with van der Waals surface area (Å²) in [6, 6.07) is 4.60. The molecule has 1 rings (SSSR count). The fraction of sp³-hybridized carbons (Fsp3) is 0.647. The topological polar surface area (TPSA) is 52.6 Å². The average Bonchev–Trinajstić information content (AvgIpc) is 2.55. The zero-order valence-electron chi connectivity index (χ0n) is 14.7. The molecule has 1 aromatic rings. The minimum atomic E-state index is 0.418. The number of aliphatic imine (C=N–C) groups is 1. The largest absolute Gasteiger partial charge is 0.357 e. The van der Waals surface area contributed by atoms with Crippen LogP contribution in [-0.4, -0.2) is 36.6 Å². The summed E-state index contributed by atoms with van der Waals surface area (Å²) in [4.78, 5) is 11.4. The Bertz CT molecular complexity index is 437. The van der Waals surface area contributed by atoms with Crippen LogP contribution in [0.5, 0.6) is 0 Å². The van der Waals surface area contributed by atoms with Crippen molar-refractivity contribution in [2.24, 2.45) is 4.99 Å². The summed E-state index contributed by atoms with van der Waals surface area (Å²) in [6.45, 7) is 14.1. The third-order valence-electron chi connectivity index (χ3n) is 3.66. The number of hydrogen-bond donors (Lipinski definition) is 2. The van der Waals surface area contributed by atoms with Gasteiger partial charge in [0.2, 0.25) is 0 Å². The van der Waals surface area contributed by atoms with Gasteiger partial charge in [0.05, 0.1) is 6.54 Å². The van der Waals surface area contributed by atoms with Crippen LogP contribution in [0.2, 0.25) is 0 Å². The van der Waals surface area contributed by atoms with Crippen molar-refractivity contribution in [3.05, 3.63) is 23.9 Å². The van der Waals surface area contributed by atoms with E-state index in [1.807, 2.05) is 6.20 Å². The van der Waals surface area contributed by atoms with Crippen LogP contribution in [-0.2, 0) is 6.54 Å². The van der Waals surface area contributed by atoms with Gasteiger partial charge in [-0.15, -0.1) is 0 Å². The first-order chi connectivity index (χ1) is 10.6. The number of pyridine rings is 1. The molecular formula is C17H31N5. The van der Waals surface area contributed by atoms with Crippen molar-refractivity contribution in [2.45, 2.75) is 53.6 Å². The van der Waals surface area contributed by atoms with Crippen LogP contribution in [0.25, 0.3) is 0 Å². The molecule has 0 aliphatic heterocycles. The number of nitrogens with one attached hydrogen (secondary N) is 2. The molecule has 0 amide bonds. The lowest BCUT2D eigenvalue weighted by atomic mass is 10.2. The van der Waals surface area contributed by atoms with Gasteiger partial charge in [0.1, 0.15) is 5.82 Å². The highest BCUT2D eigenvalue weighted by Crippen LogP contribution is 2.11. The van der Waals surface area contributed by atoms with Gasteiger partial charge < -0.3 is 15.5 Å². The first kappa shape index (κ1) is 18.3. The second-order valence-corrected chi connectivity index (χ2v) is 5.35. The number of hydrogen-bond acceptors (Lipinski definition) is 3. The molecule has 1 heterocycles. The lowest BCUT2D eigenvalue weighted by Crippen LogP contribution is -2.41. The summed E-state index contributed by atoms with van der Waals surface area (Å²) >= 11 is 0. The van der Waals surface area contributed by atoms with Crippen LogP contribution in [0, 0.1) is 0 Å². The third-order valence-corrected chi connectivity index (χ3v) is 3.66. The Balaban J connectivity index is 2.69. The molecule has 124 valence electrons. The van der Waals surface area contributed by atoms with E-state index in [1.54, 1.807) is 0 Å². The predicted molar refractivity (Wildman–Crippen MR) is 95.5 cm³/mol. The van der Waals surface area contributed by atoms with Crippen molar-refractivity contribution in [3.63, 3.8) is 0 Å². The Hall–Kier alpha value is -1.78. The Labute approximate surface area is 135 Å². The monoisotopic (exact) mass is 305 g/mol. The zero-order valence-corrected chi connectivity index (χ0v) is 14.7. The van der Waals surface area contributed by atoms with E-state index in [-0.39, 0.29) is 0 Å². The molecule has 0 aliphatic carbocycles. The fourth-order valence-electron chi connectivity index (χ4n) is 2.07. The maximum Gasteiger partial charge on any atom is 0.191 e. The van der Waals surface area contributed by atoms with Gasteiger partial charge >= 0.3 is 0 Å². The molecule has 0 bridgehead atoms. The molecule has 0 radical (unpaired) electrons. The molecule has 5 heteroatoms. The second kappa shape index (κ2) is 10.0. The minimum Gasteiger partial charge on any atom is -0.357 e. The van der Waals surface area contributed by atoms with E-state index in [0.29, 0.717) is 12.6 Å². The van der Waals surface area contributed by atoms with Crippen LogP contribution in [0.4, 0.5) is 5.82 Å². The molecule has 1 atom stereocenters. The number of nitrogens with zero attached hydrogens (tertiary/aromatic N) is 3. The number of guanidine groups is 1. The Kier molecular flexibility index (Phi) is 8.33. The van der Waals surface area contributed by atoms with Crippen LogP contribution in [0.1, 0.15) is 46.6 Å². The minimum absolute atomic E-state index is 0.418. The first-order valence-corrected chi connectivity index (χ1v) is 8.39. The van der Waals surface area contributed by atoms with Crippen molar-refractivity contribution >= 4 is 11.8 Å². The smallest absolute Gasteiger partial charge is 0.191 e. The molecule has 0 aromatic carbocycles. The molecule has 1 unspecified atom stereocenters. The van der Waals surface area contributed by atoms with E-state index < -0.39 is 0 Å². The van der Waals surface area contributed by atoms with Gasteiger partial charge in [0.25, 0.3) is 0 Å². The van der Waals surface area contributed by atoms with Gasteiger partial charge in [-0.05, 0) is 45.7 Å². The molecule has 0 saturated carbocycles. The standard InChI is InChI=1S/C17H31N5/c1-6-14(5)21-17(18-7-2)20-13-15-10-11-16(19-12-15)22(8-3)9-4/h10-12,14H,6-9,13H2,1-5H3,(H2,18,20,21). The van der Waals surface area contributed by atoms with Crippen LogP contribution >= 0.6 is 0 Å². The lowest BCUT2D eigenvalue weighted by Gasteiger charge is -2.19. The molecule has 0 fully saturated rings. The zero-order chi connectivity index (χ0) is 16.4. The Morgan fingerprint density at radius 2 is 1.95 bits per heavy atom. The van der Waals surface area contributed by atoms with Gasteiger partial charge in [-0.2, -0.15) is 0 Å². The average molecular weight is 305 g/mol. The first-order valence-electron chi connectivity index (χ1n) is 8.39. The maximum atomic E-state index is 4.63. The highest BCUT2D eigenvalue weighted by molar-refractivity contribution is 5.80. The van der Waals surface area contributed by atoms with Crippen LogP contribution < -0.4 is 15.5 Å². The number of rotatable bonds is 8. The van der Waals surface area contributed by atoms with Crippen molar-refractivity contribution in [1.29, 1.82) is 0 Å². The summed E-state index contributed by atoms with van der Waals surface area (Å²) in [7, 11) is 0.